The molecule has 1 N–H and O–H groups in total. The smallest absolute Gasteiger partial charge is 0.410 e. The van der Waals surface area contributed by atoms with Gasteiger partial charge in [0.1, 0.15) is 12.4 Å². The molecule has 2 aliphatic rings. The summed E-state index contributed by atoms with van der Waals surface area (Å²) in [5.41, 5.74) is 0.246. The highest BCUT2D eigenvalue weighted by molar-refractivity contribution is 5.69. The lowest BCUT2D eigenvalue weighted by Gasteiger charge is -2.51. The average Bonchev–Trinajstić information content (AvgIpc) is 2.72. The zero-order valence-electron chi connectivity index (χ0n) is 16.1. The summed E-state index contributed by atoms with van der Waals surface area (Å²) >= 11 is 0. The molecule has 0 aromatic heterocycles. The number of ether oxygens (including phenoxy) is 1. The first-order valence-corrected chi connectivity index (χ1v) is 9.92. The Morgan fingerprint density at radius 2 is 1.90 bits per heavy atom. The fraction of sp³-hybridized carbons (Fsp3) is 0.391. The predicted molar refractivity (Wildman–Crippen MR) is 104 cm³/mol. The van der Waals surface area contributed by atoms with Gasteiger partial charge in [-0.25, -0.2) is 9.18 Å². The fourth-order valence-electron chi connectivity index (χ4n) is 4.76. The molecule has 2 aliphatic heterocycles. The average molecular weight is 394 g/mol. The third-order valence-electron chi connectivity index (χ3n) is 6.03. The van der Waals surface area contributed by atoms with Gasteiger partial charge in [-0.05, 0) is 37.0 Å². The van der Waals surface area contributed by atoms with Crippen molar-refractivity contribution in [1.82, 2.24) is 4.90 Å². The number of carbonyl (C=O) groups excluding carboxylic acids is 1. The number of hydrogen-bond donors (Lipinski definition) is 1. The highest BCUT2D eigenvalue weighted by atomic mass is 19.1. The maximum absolute atomic E-state index is 13.5. The lowest BCUT2D eigenvalue weighted by Crippen LogP contribution is -2.59. The Balaban J connectivity index is 1.53. The van der Waals surface area contributed by atoms with E-state index >= 15 is 0 Å². The van der Waals surface area contributed by atoms with Crippen molar-refractivity contribution in [2.75, 3.05) is 0 Å². The molecule has 6 heteroatoms. The van der Waals surface area contributed by atoms with Crippen molar-refractivity contribution >= 4 is 6.09 Å². The molecule has 4 rings (SSSR count). The topological polar surface area (TPSA) is 73.6 Å². The van der Waals surface area contributed by atoms with Crippen molar-refractivity contribution < 1.29 is 19.0 Å². The summed E-state index contributed by atoms with van der Waals surface area (Å²) in [7, 11) is 0. The van der Waals surface area contributed by atoms with Crippen LogP contribution in [0.2, 0.25) is 0 Å². The number of carbonyl (C=O) groups is 1. The summed E-state index contributed by atoms with van der Waals surface area (Å²) in [4.78, 5) is 14.6. The van der Waals surface area contributed by atoms with Crippen LogP contribution in [0.4, 0.5) is 9.18 Å². The summed E-state index contributed by atoms with van der Waals surface area (Å²) in [5.74, 6) is -0.504. The third kappa shape index (κ3) is 3.83. The molecular weight excluding hydrogens is 371 g/mol. The van der Waals surface area contributed by atoms with Crippen molar-refractivity contribution in [1.29, 1.82) is 5.26 Å². The lowest BCUT2D eigenvalue weighted by molar-refractivity contribution is -0.0897. The number of benzene rings is 2. The van der Waals surface area contributed by atoms with Gasteiger partial charge >= 0.3 is 6.09 Å². The number of nitrogens with zero attached hydrogens (tertiary/aromatic N) is 2. The van der Waals surface area contributed by atoms with E-state index in [2.05, 4.69) is 0 Å². The van der Waals surface area contributed by atoms with Gasteiger partial charge in [0.05, 0.1) is 17.2 Å². The van der Waals surface area contributed by atoms with Gasteiger partial charge in [0.25, 0.3) is 0 Å². The fourth-order valence-corrected chi connectivity index (χ4v) is 4.76. The SMILES string of the molecule is N#Cc1cc(F)ccc1C1(O)CC2CCCC(C1)N2C(=O)OCc1ccccc1. The summed E-state index contributed by atoms with van der Waals surface area (Å²) in [5, 5.41) is 20.8. The zero-order chi connectivity index (χ0) is 20.4. The molecule has 2 aromatic rings. The predicted octanol–water partition coefficient (Wildman–Crippen LogP) is 4.24. The number of aliphatic hydroxyl groups is 1. The van der Waals surface area contributed by atoms with Crippen LogP contribution in [0.1, 0.15) is 48.8 Å². The molecule has 2 fully saturated rings. The number of halogens is 1. The van der Waals surface area contributed by atoms with Gasteiger partial charge in [0.2, 0.25) is 0 Å². The molecular formula is C23H23FN2O3. The lowest BCUT2D eigenvalue weighted by atomic mass is 9.72. The minimum Gasteiger partial charge on any atom is -0.445 e. The second-order valence-corrected chi connectivity index (χ2v) is 7.93. The van der Waals surface area contributed by atoms with Gasteiger partial charge in [0, 0.05) is 30.5 Å². The Morgan fingerprint density at radius 3 is 2.55 bits per heavy atom. The molecule has 2 atom stereocenters. The van der Waals surface area contributed by atoms with Crippen LogP contribution in [0.25, 0.3) is 0 Å². The molecule has 5 nitrogen and oxygen atoms in total. The van der Waals surface area contributed by atoms with Crippen LogP contribution in [-0.4, -0.2) is 28.2 Å². The summed E-state index contributed by atoms with van der Waals surface area (Å²) in [6, 6.07) is 15.1. The van der Waals surface area contributed by atoms with Gasteiger partial charge in [-0.1, -0.05) is 36.4 Å². The van der Waals surface area contributed by atoms with Crippen LogP contribution in [0.3, 0.4) is 0 Å². The minimum atomic E-state index is -1.26. The van der Waals surface area contributed by atoms with E-state index in [-0.39, 0.29) is 30.3 Å². The molecule has 0 saturated carbocycles. The first-order valence-electron chi connectivity index (χ1n) is 9.92. The minimum absolute atomic E-state index is 0.144. The van der Waals surface area contributed by atoms with E-state index in [1.807, 2.05) is 36.4 Å². The van der Waals surface area contributed by atoms with Gasteiger partial charge < -0.3 is 14.7 Å². The second-order valence-electron chi connectivity index (χ2n) is 7.93. The van der Waals surface area contributed by atoms with Crippen molar-refractivity contribution in [2.24, 2.45) is 0 Å². The van der Waals surface area contributed by atoms with Gasteiger partial charge in [-0.2, -0.15) is 5.26 Å². The molecule has 0 spiro atoms. The monoisotopic (exact) mass is 394 g/mol. The number of fused-ring (bicyclic) bond motifs is 2. The quantitative estimate of drug-likeness (QED) is 0.845. The van der Waals surface area contributed by atoms with Crippen molar-refractivity contribution in [3.63, 3.8) is 0 Å². The Labute approximate surface area is 169 Å². The van der Waals surface area contributed by atoms with Crippen molar-refractivity contribution in [3.8, 4) is 6.07 Å². The molecule has 2 unspecified atom stereocenters. The standard InChI is InChI=1S/C23H23FN2O3/c24-18-9-10-21(17(11-18)14-25)23(28)12-19-7-4-8-20(13-23)26(19)22(27)29-15-16-5-2-1-3-6-16/h1-3,5-6,9-11,19-20,28H,4,7-8,12-13,15H2. The van der Waals surface area contributed by atoms with Crippen LogP contribution < -0.4 is 0 Å². The maximum Gasteiger partial charge on any atom is 0.410 e. The summed E-state index contributed by atoms with van der Waals surface area (Å²) < 4.78 is 19.1. The Kier molecular flexibility index (Phi) is 5.25. The summed E-state index contributed by atoms with van der Waals surface area (Å²) in [6.07, 6.45) is 2.76. The molecule has 2 heterocycles. The van der Waals surface area contributed by atoms with E-state index in [0.29, 0.717) is 18.4 Å². The molecule has 2 saturated heterocycles. The molecule has 29 heavy (non-hydrogen) atoms. The van der Waals surface area contributed by atoms with Crippen LogP contribution in [0.5, 0.6) is 0 Å². The zero-order valence-corrected chi connectivity index (χ0v) is 16.1. The number of hydrogen-bond acceptors (Lipinski definition) is 4. The molecule has 0 radical (unpaired) electrons. The van der Waals surface area contributed by atoms with Gasteiger partial charge in [0.15, 0.2) is 0 Å². The molecule has 1 amide bonds. The van der Waals surface area contributed by atoms with E-state index in [1.165, 1.54) is 12.1 Å². The molecule has 0 aliphatic carbocycles. The summed E-state index contributed by atoms with van der Waals surface area (Å²) in [6.45, 7) is 0.205. The van der Waals surface area contributed by atoms with E-state index < -0.39 is 11.4 Å². The van der Waals surface area contributed by atoms with Crippen molar-refractivity contribution in [2.45, 2.75) is 56.4 Å². The Hall–Kier alpha value is -2.91. The number of amides is 1. The largest absolute Gasteiger partial charge is 0.445 e. The number of nitriles is 1. The van der Waals surface area contributed by atoms with Crippen LogP contribution >= 0.6 is 0 Å². The first-order chi connectivity index (χ1) is 14.0. The Morgan fingerprint density at radius 1 is 1.21 bits per heavy atom. The second kappa shape index (κ2) is 7.84. The van der Waals surface area contributed by atoms with Gasteiger partial charge in [-0.3, -0.25) is 0 Å². The third-order valence-corrected chi connectivity index (χ3v) is 6.03. The van der Waals surface area contributed by atoms with E-state index in [1.54, 1.807) is 4.90 Å². The van der Waals surface area contributed by atoms with Crippen LogP contribution in [-0.2, 0) is 16.9 Å². The van der Waals surface area contributed by atoms with E-state index in [0.717, 1.165) is 30.9 Å². The van der Waals surface area contributed by atoms with Gasteiger partial charge in [-0.15, -0.1) is 0 Å². The van der Waals surface area contributed by atoms with Crippen LogP contribution in [0.15, 0.2) is 48.5 Å². The van der Waals surface area contributed by atoms with E-state index in [9.17, 15) is 19.6 Å². The molecule has 2 bridgehead atoms. The first kappa shape index (κ1) is 19.4. The molecule has 150 valence electrons. The van der Waals surface area contributed by atoms with Crippen LogP contribution in [0, 0.1) is 17.1 Å². The highest BCUT2D eigenvalue weighted by Crippen LogP contribution is 2.45. The maximum atomic E-state index is 13.5. The molecule has 2 aromatic carbocycles. The number of piperidine rings is 2. The Bertz CT molecular complexity index is 927. The van der Waals surface area contributed by atoms with Crippen molar-refractivity contribution in [3.05, 3.63) is 71.0 Å². The van der Waals surface area contributed by atoms with E-state index in [4.69, 9.17) is 4.74 Å². The number of rotatable bonds is 3. The highest BCUT2D eigenvalue weighted by Gasteiger charge is 2.49. The normalized spacial score (nSPS) is 25.9.